The van der Waals surface area contributed by atoms with E-state index in [1.54, 1.807) is 0 Å². The quantitative estimate of drug-likeness (QED) is 0.812. The van der Waals surface area contributed by atoms with Gasteiger partial charge in [0.15, 0.2) is 0 Å². The molecule has 0 amide bonds. The molecule has 144 valence electrons. The lowest BCUT2D eigenvalue weighted by Crippen LogP contribution is -2.39. The van der Waals surface area contributed by atoms with E-state index in [0.29, 0.717) is 18.2 Å². The van der Waals surface area contributed by atoms with E-state index in [-0.39, 0.29) is 5.41 Å². The van der Waals surface area contributed by atoms with Crippen molar-refractivity contribution in [3.05, 3.63) is 76.9 Å². The molecule has 0 saturated heterocycles. The van der Waals surface area contributed by atoms with Gasteiger partial charge in [0.2, 0.25) is 0 Å². The number of carbonyl (C=O) groups is 1. The second-order valence-corrected chi connectivity index (χ2v) is 8.76. The summed E-state index contributed by atoms with van der Waals surface area (Å²) in [7, 11) is 0. The van der Waals surface area contributed by atoms with Crippen molar-refractivity contribution < 1.29 is 9.90 Å². The van der Waals surface area contributed by atoms with Crippen LogP contribution in [0.2, 0.25) is 0 Å². The molecule has 1 aliphatic heterocycles. The smallest absolute Gasteiger partial charge is 0.332 e. The lowest BCUT2D eigenvalue weighted by Gasteiger charge is -2.35. The Morgan fingerprint density at radius 3 is 3.00 bits per heavy atom. The zero-order chi connectivity index (χ0) is 19.1. The molecule has 2 atom stereocenters. The highest BCUT2D eigenvalue weighted by atomic mass is 16.4. The van der Waals surface area contributed by atoms with E-state index < -0.39 is 5.97 Å². The number of allylic oxidation sites excluding steroid dienone is 6. The van der Waals surface area contributed by atoms with Crippen LogP contribution >= 0.6 is 0 Å². The van der Waals surface area contributed by atoms with Crippen LogP contribution in [0.15, 0.2) is 65.8 Å². The van der Waals surface area contributed by atoms with Crippen molar-refractivity contribution in [1.82, 2.24) is 4.90 Å². The second kappa shape index (κ2) is 6.89. The Labute approximate surface area is 166 Å². The second-order valence-electron chi connectivity index (χ2n) is 8.76. The van der Waals surface area contributed by atoms with E-state index in [4.69, 9.17) is 0 Å². The van der Waals surface area contributed by atoms with E-state index >= 15 is 0 Å². The summed E-state index contributed by atoms with van der Waals surface area (Å²) in [6.07, 6.45) is 17.7. The molecule has 1 fully saturated rings. The first-order valence-electron chi connectivity index (χ1n) is 10.5. The predicted octanol–water partition coefficient (Wildman–Crippen LogP) is 4.77. The van der Waals surface area contributed by atoms with Crippen LogP contribution < -0.4 is 0 Å². The zero-order valence-electron chi connectivity index (χ0n) is 16.2. The molecule has 3 heteroatoms. The standard InChI is InChI=1S/C25H27NO2/c27-24(28)20-8-4-14-26(17-20)21-11-13-25(15-21)12-10-19-7-3-6-18-5-1-2-9-22(18)23(19)16-25/h1-3,5,7-10,12,21H,4,6,11,13-17H2,(H,27,28). The van der Waals surface area contributed by atoms with Gasteiger partial charge in [-0.3, -0.25) is 4.90 Å². The van der Waals surface area contributed by atoms with Gasteiger partial charge in [0, 0.05) is 24.7 Å². The summed E-state index contributed by atoms with van der Waals surface area (Å²) in [6.45, 7) is 1.58. The fourth-order valence-electron chi connectivity index (χ4n) is 5.58. The maximum atomic E-state index is 11.4. The molecule has 28 heavy (non-hydrogen) atoms. The molecule has 2 unspecified atom stereocenters. The number of aliphatic carboxylic acids is 1. The first-order chi connectivity index (χ1) is 13.6. The number of hydrogen-bond donors (Lipinski definition) is 1. The molecule has 0 radical (unpaired) electrons. The number of rotatable bonds is 2. The van der Waals surface area contributed by atoms with Crippen LogP contribution in [0.4, 0.5) is 0 Å². The fourth-order valence-corrected chi connectivity index (χ4v) is 5.58. The highest BCUT2D eigenvalue weighted by Crippen LogP contribution is 2.51. The van der Waals surface area contributed by atoms with Gasteiger partial charge in [0.05, 0.1) is 0 Å². The van der Waals surface area contributed by atoms with Crippen LogP contribution in [-0.2, 0) is 11.2 Å². The first-order valence-corrected chi connectivity index (χ1v) is 10.5. The third-order valence-corrected chi connectivity index (χ3v) is 7.06. The third-order valence-electron chi connectivity index (χ3n) is 7.06. The lowest BCUT2D eigenvalue weighted by molar-refractivity contribution is -0.133. The fraction of sp³-hybridized carbons (Fsp3) is 0.400. The molecule has 1 spiro atoms. The number of carboxylic acid groups (broad SMARTS) is 1. The van der Waals surface area contributed by atoms with Gasteiger partial charge in [-0.2, -0.15) is 0 Å². The predicted molar refractivity (Wildman–Crippen MR) is 112 cm³/mol. The van der Waals surface area contributed by atoms with Crippen molar-refractivity contribution >= 4 is 11.5 Å². The molecule has 1 saturated carbocycles. The number of nitrogens with zero attached hydrogens (tertiary/aromatic N) is 1. The van der Waals surface area contributed by atoms with Crippen molar-refractivity contribution in [2.24, 2.45) is 5.41 Å². The van der Waals surface area contributed by atoms with Gasteiger partial charge in [0.1, 0.15) is 0 Å². The molecule has 4 aliphatic rings. The molecule has 0 aromatic heterocycles. The molecule has 0 bridgehead atoms. The van der Waals surface area contributed by atoms with Crippen LogP contribution in [0.25, 0.3) is 5.57 Å². The summed E-state index contributed by atoms with van der Waals surface area (Å²) in [5.74, 6) is -0.758. The van der Waals surface area contributed by atoms with Gasteiger partial charge in [0.25, 0.3) is 0 Å². The Bertz CT molecular complexity index is 936. The topological polar surface area (TPSA) is 40.5 Å². The van der Waals surface area contributed by atoms with Crippen LogP contribution in [-0.4, -0.2) is 35.1 Å². The van der Waals surface area contributed by atoms with Crippen molar-refractivity contribution in [2.75, 3.05) is 13.1 Å². The van der Waals surface area contributed by atoms with Crippen LogP contribution in [0.3, 0.4) is 0 Å². The Kier molecular flexibility index (Phi) is 4.36. The van der Waals surface area contributed by atoms with E-state index in [1.165, 1.54) is 28.7 Å². The van der Waals surface area contributed by atoms with E-state index in [0.717, 1.165) is 38.6 Å². The monoisotopic (exact) mass is 373 g/mol. The number of fused-ring (bicyclic) bond motifs is 2. The zero-order valence-corrected chi connectivity index (χ0v) is 16.2. The molecule has 1 N–H and O–H groups in total. The first kappa shape index (κ1) is 17.7. The highest BCUT2D eigenvalue weighted by molar-refractivity contribution is 5.87. The van der Waals surface area contributed by atoms with Gasteiger partial charge in [-0.1, -0.05) is 54.6 Å². The minimum Gasteiger partial charge on any atom is -0.478 e. The van der Waals surface area contributed by atoms with E-state index in [1.807, 2.05) is 6.08 Å². The van der Waals surface area contributed by atoms with Crippen molar-refractivity contribution in [1.29, 1.82) is 0 Å². The molecule has 1 aromatic carbocycles. The van der Waals surface area contributed by atoms with Crippen molar-refractivity contribution in [3.8, 4) is 0 Å². The lowest BCUT2D eigenvalue weighted by atomic mass is 9.73. The van der Waals surface area contributed by atoms with Crippen LogP contribution in [0.5, 0.6) is 0 Å². The molecule has 1 heterocycles. The van der Waals surface area contributed by atoms with Gasteiger partial charge in [-0.25, -0.2) is 4.79 Å². The molecule has 3 nitrogen and oxygen atoms in total. The van der Waals surface area contributed by atoms with E-state index in [9.17, 15) is 9.90 Å². The maximum Gasteiger partial charge on any atom is 0.332 e. The minimum absolute atomic E-state index is 0.222. The number of benzene rings is 1. The highest BCUT2D eigenvalue weighted by Gasteiger charge is 2.42. The van der Waals surface area contributed by atoms with Gasteiger partial charge >= 0.3 is 5.97 Å². The molecule has 1 aromatic rings. The summed E-state index contributed by atoms with van der Waals surface area (Å²) >= 11 is 0. The summed E-state index contributed by atoms with van der Waals surface area (Å²) in [5, 5.41) is 9.37. The van der Waals surface area contributed by atoms with Gasteiger partial charge in [-0.05, 0) is 66.2 Å². The summed E-state index contributed by atoms with van der Waals surface area (Å²) < 4.78 is 0. The summed E-state index contributed by atoms with van der Waals surface area (Å²) in [5.41, 5.74) is 6.50. The Morgan fingerprint density at radius 2 is 2.11 bits per heavy atom. The van der Waals surface area contributed by atoms with Gasteiger partial charge in [-0.15, -0.1) is 0 Å². The summed E-state index contributed by atoms with van der Waals surface area (Å²) in [4.78, 5) is 13.8. The molecule has 3 aliphatic carbocycles. The molecular weight excluding hydrogens is 346 g/mol. The normalized spacial score (nSPS) is 29.4. The Hall–Kier alpha value is -2.39. The molecular formula is C25H27NO2. The minimum atomic E-state index is -0.758. The van der Waals surface area contributed by atoms with Crippen LogP contribution in [0, 0.1) is 5.41 Å². The average molecular weight is 373 g/mol. The van der Waals surface area contributed by atoms with Crippen molar-refractivity contribution in [2.45, 2.75) is 44.6 Å². The average Bonchev–Trinajstić information content (AvgIpc) is 3.04. The summed E-state index contributed by atoms with van der Waals surface area (Å²) in [6, 6.07) is 9.33. The van der Waals surface area contributed by atoms with Crippen molar-refractivity contribution in [3.63, 3.8) is 0 Å². The number of carboxylic acids is 1. The Morgan fingerprint density at radius 1 is 1.21 bits per heavy atom. The van der Waals surface area contributed by atoms with Crippen LogP contribution in [0.1, 0.15) is 43.2 Å². The number of hydrogen-bond acceptors (Lipinski definition) is 2. The largest absolute Gasteiger partial charge is 0.478 e. The van der Waals surface area contributed by atoms with Gasteiger partial charge < -0.3 is 5.11 Å². The Balaban J connectivity index is 1.38. The maximum absolute atomic E-state index is 11.4. The third kappa shape index (κ3) is 3.08. The molecule has 5 rings (SSSR count). The SMILES string of the molecule is O=C(O)C1=CCCN(C2CCC3(C=CC4=C(C3)c3ccccc3CC=C4)C2)C1. The van der Waals surface area contributed by atoms with E-state index in [2.05, 4.69) is 53.5 Å².